The van der Waals surface area contributed by atoms with Gasteiger partial charge in [0.2, 0.25) is 11.9 Å². The Morgan fingerprint density at radius 1 is 1.42 bits per heavy atom. The quantitative estimate of drug-likeness (QED) is 0.740. The minimum atomic E-state index is 0.0327. The first-order chi connectivity index (χ1) is 9.19. The molecule has 104 valence electrons. The lowest BCUT2D eigenvalue weighted by atomic mass is 10.3. The third-order valence-electron chi connectivity index (χ3n) is 2.94. The molecule has 6 nitrogen and oxygen atoms in total. The highest BCUT2D eigenvalue weighted by molar-refractivity contribution is 5.81. The van der Waals surface area contributed by atoms with Crippen molar-refractivity contribution in [3.63, 3.8) is 0 Å². The number of hydrogen-bond acceptors (Lipinski definition) is 5. The van der Waals surface area contributed by atoms with Crippen molar-refractivity contribution >= 4 is 11.9 Å². The van der Waals surface area contributed by atoms with E-state index in [0.29, 0.717) is 18.5 Å². The van der Waals surface area contributed by atoms with Gasteiger partial charge in [-0.3, -0.25) is 4.79 Å². The maximum atomic E-state index is 11.7. The summed E-state index contributed by atoms with van der Waals surface area (Å²) >= 11 is 0. The van der Waals surface area contributed by atoms with E-state index >= 15 is 0 Å². The Morgan fingerprint density at radius 2 is 2.11 bits per heavy atom. The molecule has 0 unspecified atom stereocenters. The van der Waals surface area contributed by atoms with Crippen molar-refractivity contribution in [3.05, 3.63) is 18.0 Å². The first kappa shape index (κ1) is 13.7. The lowest BCUT2D eigenvalue weighted by Gasteiger charge is -2.16. The number of carbonyl (C=O) groups is 1. The van der Waals surface area contributed by atoms with Gasteiger partial charge in [-0.2, -0.15) is 0 Å². The zero-order chi connectivity index (χ0) is 13.7. The van der Waals surface area contributed by atoms with Gasteiger partial charge in [0, 0.05) is 37.6 Å². The lowest BCUT2D eigenvalue weighted by molar-refractivity contribution is -0.119. The molecule has 1 fully saturated rings. The van der Waals surface area contributed by atoms with Crippen LogP contribution < -0.4 is 15.5 Å². The van der Waals surface area contributed by atoms with Gasteiger partial charge in [-0.25, -0.2) is 9.97 Å². The van der Waals surface area contributed by atoms with E-state index in [1.807, 2.05) is 7.05 Å². The summed E-state index contributed by atoms with van der Waals surface area (Å²) < 4.78 is 0. The number of nitrogens with zero attached hydrogens (tertiary/aromatic N) is 3. The molecule has 0 atom stereocenters. The van der Waals surface area contributed by atoms with E-state index < -0.39 is 0 Å². The highest BCUT2D eigenvalue weighted by Crippen LogP contribution is 2.18. The summed E-state index contributed by atoms with van der Waals surface area (Å²) in [4.78, 5) is 22.0. The van der Waals surface area contributed by atoms with Crippen LogP contribution in [-0.4, -0.2) is 42.1 Å². The minimum absolute atomic E-state index is 0.0327. The number of likely N-dealkylation sites (N-methyl/N-ethyl adjacent to an activating group) is 1. The fourth-order valence-corrected chi connectivity index (χ4v) is 1.69. The van der Waals surface area contributed by atoms with Gasteiger partial charge in [0.1, 0.15) is 0 Å². The van der Waals surface area contributed by atoms with Crippen molar-refractivity contribution in [2.75, 3.05) is 25.0 Å². The number of anilines is 1. The van der Waals surface area contributed by atoms with Crippen LogP contribution in [0.2, 0.25) is 0 Å². The van der Waals surface area contributed by atoms with Crippen molar-refractivity contribution < 1.29 is 4.79 Å². The van der Waals surface area contributed by atoms with Crippen LogP contribution in [0, 0.1) is 0 Å². The number of rotatable bonds is 7. The van der Waals surface area contributed by atoms with E-state index in [1.54, 1.807) is 17.3 Å². The fraction of sp³-hybridized carbons (Fsp3) is 0.615. The monoisotopic (exact) mass is 263 g/mol. The van der Waals surface area contributed by atoms with Crippen LogP contribution in [0.5, 0.6) is 0 Å². The summed E-state index contributed by atoms with van der Waals surface area (Å²) in [7, 11) is 1.83. The van der Waals surface area contributed by atoms with Crippen LogP contribution in [0.3, 0.4) is 0 Å². The van der Waals surface area contributed by atoms with Crippen LogP contribution in [-0.2, 0) is 11.3 Å². The maximum Gasteiger partial charge on any atom is 0.239 e. The first-order valence-corrected chi connectivity index (χ1v) is 6.71. The fourth-order valence-electron chi connectivity index (χ4n) is 1.69. The molecular weight excluding hydrogens is 242 g/mol. The summed E-state index contributed by atoms with van der Waals surface area (Å²) in [6.45, 7) is 4.04. The third-order valence-corrected chi connectivity index (χ3v) is 2.94. The predicted molar refractivity (Wildman–Crippen MR) is 73.8 cm³/mol. The summed E-state index contributed by atoms with van der Waals surface area (Å²) in [5, 5.41) is 6.16. The molecule has 1 heterocycles. The molecule has 1 amide bonds. The summed E-state index contributed by atoms with van der Waals surface area (Å²) in [6, 6.07) is 0.393. The number of nitrogens with one attached hydrogen (secondary N) is 2. The Labute approximate surface area is 113 Å². The van der Waals surface area contributed by atoms with Crippen LogP contribution in [0.25, 0.3) is 0 Å². The maximum absolute atomic E-state index is 11.7. The molecule has 1 aliphatic carbocycles. The smallest absolute Gasteiger partial charge is 0.239 e. The van der Waals surface area contributed by atoms with E-state index in [9.17, 15) is 4.79 Å². The van der Waals surface area contributed by atoms with Gasteiger partial charge in [0.15, 0.2) is 0 Å². The molecule has 1 aromatic rings. The van der Waals surface area contributed by atoms with E-state index in [4.69, 9.17) is 0 Å². The van der Waals surface area contributed by atoms with Crippen molar-refractivity contribution in [2.24, 2.45) is 0 Å². The average molecular weight is 263 g/mol. The largest absolute Gasteiger partial charge is 0.352 e. The number of aromatic nitrogens is 2. The van der Waals surface area contributed by atoms with E-state index in [-0.39, 0.29) is 5.91 Å². The SMILES string of the molecule is CCNCc1cnc(N(C)CC(=O)NC2CC2)nc1. The van der Waals surface area contributed by atoms with E-state index in [1.165, 1.54) is 0 Å². The standard InChI is InChI=1S/C13H21N5O/c1-3-14-6-10-7-15-13(16-8-10)18(2)9-12(19)17-11-4-5-11/h7-8,11,14H,3-6,9H2,1-2H3,(H,17,19). The van der Waals surface area contributed by atoms with Crippen molar-refractivity contribution in [1.29, 1.82) is 0 Å². The molecule has 0 aromatic carbocycles. The molecule has 0 radical (unpaired) electrons. The van der Waals surface area contributed by atoms with Gasteiger partial charge in [0.25, 0.3) is 0 Å². The van der Waals surface area contributed by atoms with Crippen LogP contribution >= 0.6 is 0 Å². The van der Waals surface area contributed by atoms with Gasteiger partial charge in [-0.05, 0) is 19.4 Å². The van der Waals surface area contributed by atoms with Crippen molar-refractivity contribution in [1.82, 2.24) is 20.6 Å². The van der Waals surface area contributed by atoms with Crippen molar-refractivity contribution in [2.45, 2.75) is 32.4 Å². The predicted octanol–water partition coefficient (Wildman–Crippen LogP) is 0.301. The molecule has 2 N–H and O–H groups in total. The van der Waals surface area contributed by atoms with Crippen LogP contribution in [0.1, 0.15) is 25.3 Å². The second-order valence-electron chi connectivity index (χ2n) is 4.87. The van der Waals surface area contributed by atoms with E-state index in [0.717, 1.165) is 31.5 Å². The van der Waals surface area contributed by atoms with Crippen LogP contribution in [0.15, 0.2) is 12.4 Å². The molecule has 6 heteroatoms. The Hall–Kier alpha value is -1.69. The summed E-state index contributed by atoms with van der Waals surface area (Å²) in [6.07, 6.45) is 5.79. The van der Waals surface area contributed by atoms with Crippen molar-refractivity contribution in [3.8, 4) is 0 Å². The van der Waals surface area contributed by atoms with Gasteiger partial charge in [0.05, 0.1) is 6.54 Å². The first-order valence-electron chi connectivity index (χ1n) is 6.71. The van der Waals surface area contributed by atoms with Gasteiger partial charge < -0.3 is 15.5 Å². The van der Waals surface area contributed by atoms with Gasteiger partial charge >= 0.3 is 0 Å². The third kappa shape index (κ3) is 4.48. The zero-order valence-electron chi connectivity index (χ0n) is 11.5. The molecule has 2 rings (SSSR count). The molecule has 1 saturated carbocycles. The molecule has 0 spiro atoms. The minimum Gasteiger partial charge on any atom is -0.352 e. The molecule has 0 bridgehead atoms. The lowest BCUT2D eigenvalue weighted by Crippen LogP contribution is -2.36. The normalized spacial score (nSPS) is 14.2. The number of hydrogen-bond donors (Lipinski definition) is 2. The van der Waals surface area contributed by atoms with Crippen LogP contribution in [0.4, 0.5) is 5.95 Å². The number of carbonyl (C=O) groups excluding carboxylic acids is 1. The summed E-state index contributed by atoms with van der Waals surface area (Å²) in [5.74, 6) is 0.608. The topological polar surface area (TPSA) is 70.2 Å². The summed E-state index contributed by atoms with van der Waals surface area (Å²) in [5.41, 5.74) is 1.04. The zero-order valence-corrected chi connectivity index (χ0v) is 11.5. The molecule has 0 saturated heterocycles. The Morgan fingerprint density at radius 3 is 2.68 bits per heavy atom. The molecule has 1 aliphatic rings. The second kappa shape index (κ2) is 6.47. The molecule has 0 aliphatic heterocycles. The molecule has 1 aromatic heterocycles. The highest BCUT2D eigenvalue weighted by Gasteiger charge is 2.23. The Kier molecular flexibility index (Phi) is 4.68. The Balaban J connectivity index is 1.83. The highest BCUT2D eigenvalue weighted by atomic mass is 16.2. The second-order valence-corrected chi connectivity index (χ2v) is 4.87. The Bertz CT molecular complexity index is 416. The average Bonchev–Trinajstić information content (AvgIpc) is 3.20. The number of amides is 1. The molecular formula is C13H21N5O. The van der Waals surface area contributed by atoms with Gasteiger partial charge in [-0.1, -0.05) is 6.92 Å². The van der Waals surface area contributed by atoms with E-state index in [2.05, 4.69) is 27.5 Å². The molecule has 19 heavy (non-hydrogen) atoms. The van der Waals surface area contributed by atoms with Gasteiger partial charge in [-0.15, -0.1) is 0 Å².